The fourth-order valence-corrected chi connectivity index (χ4v) is 4.82. The number of hydrogen-bond acceptors (Lipinski definition) is 4. The Balaban J connectivity index is 1.54. The summed E-state index contributed by atoms with van der Waals surface area (Å²) in [6.07, 6.45) is 2.62. The topological polar surface area (TPSA) is 49.3 Å². The zero-order valence-electron chi connectivity index (χ0n) is 17.6. The molecule has 5 nitrogen and oxygen atoms in total. The van der Waals surface area contributed by atoms with E-state index >= 15 is 0 Å². The van der Waals surface area contributed by atoms with Crippen LogP contribution in [0.15, 0.2) is 36.7 Å². The number of piperidine rings is 2. The lowest BCUT2D eigenvalue weighted by Crippen LogP contribution is -2.49. The predicted octanol–water partition coefficient (Wildman–Crippen LogP) is 4.35. The van der Waals surface area contributed by atoms with Crippen molar-refractivity contribution in [2.75, 3.05) is 26.2 Å². The molecule has 4 rings (SSSR count). The molecule has 8 heteroatoms. The lowest BCUT2D eigenvalue weighted by molar-refractivity contribution is -0.137. The van der Waals surface area contributed by atoms with Gasteiger partial charge in [-0.05, 0) is 44.4 Å². The molecule has 1 aromatic heterocycles. The second-order valence-electron chi connectivity index (χ2n) is 8.44. The number of carbonyl (C=O) groups excluding carboxylic acids is 1. The van der Waals surface area contributed by atoms with E-state index < -0.39 is 11.7 Å². The summed E-state index contributed by atoms with van der Waals surface area (Å²) in [6, 6.07) is 5.75. The summed E-state index contributed by atoms with van der Waals surface area (Å²) in [6.45, 7) is 4.99. The molecule has 2 aliphatic heterocycles. The molecule has 3 heterocycles. The molecule has 1 amide bonds. The van der Waals surface area contributed by atoms with Crippen molar-refractivity contribution in [1.29, 1.82) is 0 Å². The summed E-state index contributed by atoms with van der Waals surface area (Å²) in [5.41, 5.74) is 1.08. The minimum absolute atomic E-state index is 0.123. The van der Waals surface area contributed by atoms with Gasteiger partial charge in [0.15, 0.2) is 0 Å². The van der Waals surface area contributed by atoms with Crippen molar-refractivity contribution in [2.24, 2.45) is 0 Å². The number of hydrogen-bond donors (Lipinski definition) is 0. The Morgan fingerprint density at radius 3 is 2.52 bits per heavy atom. The number of rotatable bonds is 3. The molecule has 0 spiro atoms. The number of carbonyl (C=O) groups is 1. The Hall–Kier alpha value is -2.48. The number of halogens is 3. The van der Waals surface area contributed by atoms with Crippen LogP contribution in [0.1, 0.15) is 49.8 Å². The third kappa shape index (κ3) is 4.89. The van der Waals surface area contributed by atoms with Gasteiger partial charge in [0.1, 0.15) is 0 Å². The van der Waals surface area contributed by atoms with Crippen LogP contribution < -0.4 is 0 Å². The van der Waals surface area contributed by atoms with Gasteiger partial charge >= 0.3 is 6.18 Å². The van der Waals surface area contributed by atoms with Gasteiger partial charge in [0.25, 0.3) is 0 Å². The SMILES string of the molecule is CC(=O)N1CCC(N2CCCC(c3nccnc3-c3cccc(C(F)(F)F)c3)C2)CC1. The van der Waals surface area contributed by atoms with E-state index in [0.29, 0.717) is 17.3 Å². The van der Waals surface area contributed by atoms with E-state index in [2.05, 4.69) is 14.9 Å². The average Bonchev–Trinajstić information content (AvgIpc) is 2.79. The zero-order valence-corrected chi connectivity index (χ0v) is 17.6. The zero-order chi connectivity index (χ0) is 22.0. The molecule has 1 aromatic carbocycles. The highest BCUT2D eigenvalue weighted by Crippen LogP contribution is 2.36. The van der Waals surface area contributed by atoms with Crippen LogP contribution in [0.4, 0.5) is 13.2 Å². The van der Waals surface area contributed by atoms with Gasteiger partial charge in [0.05, 0.1) is 17.0 Å². The van der Waals surface area contributed by atoms with Crippen molar-refractivity contribution in [3.8, 4) is 11.3 Å². The van der Waals surface area contributed by atoms with Gasteiger partial charge < -0.3 is 4.90 Å². The second-order valence-corrected chi connectivity index (χ2v) is 8.44. The van der Waals surface area contributed by atoms with Crippen LogP contribution in [0.5, 0.6) is 0 Å². The lowest BCUT2D eigenvalue weighted by atomic mass is 9.89. The first-order chi connectivity index (χ1) is 14.8. The van der Waals surface area contributed by atoms with Gasteiger partial charge in [-0.15, -0.1) is 0 Å². The highest BCUT2D eigenvalue weighted by Gasteiger charge is 2.33. The molecule has 166 valence electrons. The predicted molar refractivity (Wildman–Crippen MR) is 111 cm³/mol. The summed E-state index contributed by atoms with van der Waals surface area (Å²) >= 11 is 0. The molecule has 2 aromatic rings. The van der Waals surface area contributed by atoms with Gasteiger partial charge in [-0.25, -0.2) is 0 Å². The summed E-state index contributed by atoms with van der Waals surface area (Å²) in [5, 5.41) is 0. The first-order valence-electron chi connectivity index (χ1n) is 10.8. The Kier molecular flexibility index (Phi) is 6.27. The Morgan fingerprint density at radius 1 is 1.06 bits per heavy atom. The maximum Gasteiger partial charge on any atom is 0.416 e. The van der Waals surface area contributed by atoms with Crippen molar-refractivity contribution in [3.63, 3.8) is 0 Å². The number of nitrogens with zero attached hydrogens (tertiary/aromatic N) is 4. The van der Waals surface area contributed by atoms with Gasteiger partial charge in [-0.3, -0.25) is 19.7 Å². The normalized spacial score (nSPS) is 21.3. The van der Waals surface area contributed by atoms with Crippen LogP contribution in [0, 0.1) is 0 Å². The fraction of sp³-hybridized carbons (Fsp3) is 0.522. The number of aromatic nitrogens is 2. The van der Waals surface area contributed by atoms with Gasteiger partial charge in [-0.2, -0.15) is 13.2 Å². The average molecular weight is 432 g/mol. The molecule has 0 bridgehead atoms. The molecule has 0 saturated carbocycles. The van der Waals surface area contributed by atoms with E-state index in [-0.39, 0.29) is 11.8 Å². The molecule has 2 fully saturated rings. The maximum absolute atomic E-state index is 13.2. The van der Waals surface area contributed by atoms with Crippen molar-refractivity contribution in [2.45, 2.75) is 50.7 Å². The Labute approximate surface area is 180 Å². The van der Waals surface area contributed by atoms with Crippen LogP contribution in [-0.2, 0) is 11.0 Å². The number of benzene rings is 1. The minimum atomic E-state index is -4.39. The van der Waals surface area contributed by atoms with Crippen LogP contribution >= 0.6 is 0 Å². The molecule has 2 saturated heterocycles. The van der Waals surface area contributed by atoms with E-state index in [1.807, 2.05) is 4.90 Å². The molecule has 1 unspecified atom stereocenters. The van der Waals surface area contributed by atoms with Crippen LogP contribution in [0.25, 0.3) is 11.3 Å². The van der Waals surface area contributed by atoms with E-state index in [1.165, 1.54) is 12.3 Å². The van der Waals surface area contributed by atoms with Crippen LogP contribution in [0.2, 0.25) is 0 Å². The van der Waals surface area contributed by atoms with Crippen molar-refractivity contribution in [3.05, 3.63) is 47.9 Å². The fourth-order valence-electron chi connectivity index (χ4n) is 4.82. The molecule has 31 heavy (non-hydrogen) atoms. The smallest absolute Gasteiger partial charge is 0.343 e. The van der Waals surface area contributed by atoms with Crippen molar-refractivity contribution >= 4 is 5.91 Å². The lowest BCUT2D eigenvalue weighted by Gasteiger charge is -2.42. The number of alkyl halides is 3. The van der Waals surface area contributed by atoms with E-state index in [0.717, 1.165) is 69.7 Å². The van der Waals surface area contributed by atoms with Gasteiger partial charge in [0, 0.05) is 56.5 Å². The van der Waals surface area contributed by atoms with Gasteiger partial charge in [0.2, 0.25) is 5.91 Å². The maximum atomic E-state index is 13.2. The molecule has 2 aliphatic rings. The monoisotopic (exact) mass is 432 g/mol. The Bertz CT molecular complexity index is 925. The summed E-state index contributed by atoms with van der Waals surface area (Å²) in [7, 11) is 0. The summed E-state index contributed by atoms with van der Waals surface area (Å²) < 4.78 is 39.6. The van der Waals surface area contributed by atoms with E-state index in [9.17, 15) is 18.0 Å². The van der Waals surface area contributed by atoms with Crippen molar-refractivity contribution in [1.82, 2.24) is 19.8 Å². The standard InChI is InChI=1S/C23H27F3N4O/c1-16(31)29-12-7-20(8-13-29)30-11-3-5-18(15-30)22-21(27-9-10-28-22)17-4-2-6-19(14-17)23(24,25)26/h2,4,6,9-10,14,18,20H,3,5,7-8,11-13,15H2,1H3. The van der Waals surface area contributed by atoms with Crippen molar-refractivity contribution < 1.29 is 18.0 Å². The summed E-state index contributed by atoms with van der Waals surface area (Å²) in [5.74, 6) is 0.248. The molecule has 1 atom stereocenters. The number of amides is 1. The van der Waals surface area contributed by atoms with E-state index in [4.69, 9.17) is 0 Å². The van der Waals surface area contributed by atoms with E-state index in [1.54, 1.807) is 19.2 Å². The Morgan fingerprint density at radius 2 is 1.81 bits per heavy atom. The second kappa shape index (κ2) is 8.94. The van der Waals surface area contributed by atoms with Crippen LogP contribution in [-0.4, -0.2) is 57.9 Å². The highest BCUT2D eigenvalue weighted by molar-refractivity contribution is 5.73. The van der Waals surface area contributed by atoms with Crippen LogP contribution in [0.3, 0.4) is 0 Å². The number of likely N-dealkylation sites (tertiary alicyclic amines) is 2. The third-order valence-corrected chi connectivity index (χ3v) is 6.46. The molecular formula is C23H27F3N4O. The molecule has 0 radical (unpaired) electrons. The third-order valence-electron chi connectivity index (χ3n) is 6.46. The largest absolute Gasteiger partial charge is 0.416 e. The quantitative estimate of drug-likeness (QED) is 0.724. The highest BCUT2D eigenvalue weighted by atomic mass is 19.4. The van der Waals surface area contributed by atoms with Gasteiger partial charge in [-0.1, -0.05) is 12.1 Å². The molecule has 0 N–H and O–H groups in total. The molecule has 0 aliphatic carbocycles. The summed E-state index contributed by atoms with van der Waals surface area (Å²) in [4.78, 5) is 25.0. The molecular weight excluding hydrogens is 405 g/mol. The first kappa shape index (κ1) is 21.7. The first-order valence-corrected chi connectivity index (χ1v) is 10.8. The minimum Gasteiger partial charge on any atom is -0.343 e.